The SMILES string of the molecule is CC1=CC(c2nc3ccc(-c4ccc5c(c4)nc(C)n5Cc4ccccc4)cc3[nH]2)C(C)C=C1. The van der Waals surface area contributed by atoms with Crippen LogP contribution in [0.5, 0.6) is 0 Å². The van der Waals surface area contributed by atoms with Crippen LogP contribution in [0.4, 0.5) is 0 Å². The Morgan fingerprint density at radius 1 is 0.882 bits per heavy atom. The number of imidazole rings is 2. The average Bonchev–Trinajstić information content (AvgIpc) is 3.41. The van der Waals surface area contributed by atoms with Gasteiger partial charge in [-0.3, -0.25) is 0 Å². The molecule has 0 fully saturated rings. The van der Waals surface area contributed by atoms with Crippen LogP contribution in [-0.4, -0.2) is 19.5 Å². The summed E-state index contributed by atoms with van der Waals surface area (Å²) in [6, 6.07) is 23.6. The first-order chi connectivity index (χ1) is 16.5. The minimum absolute atomic E-state index is 0.286. The molecule has 2 heterocycles. The maximum Gasteiger partial charge on any atom is 0.114 e. The van der Waals surface area contributed by atoms with E-state index in [4.69, 9.17) is 9.97 Å². The largest absolute Gasteiger partial charge is 0.341 e. The van der Waals surface area contributed by atoms with Crippen molar-refractivity contribution < 1.29 is 0 Å². The predicted molar refractivity (Wildman–Crippen MR) is 140 cm³/mol. The molecule has 0 bridgehead atoms. The van der Waals surface area contributed by atoms with Crippen LogP contribution >= 0.6 is 0 Å². The molecule has 0 amide bonds. The lowest BCUT2D eigenvalue weighted by Gasteiger charge is -2.19. The van der Waals surface area contributed by atoms with Gasteiger partial charge in [0.05, 0.1) is 22.1 Å². The van der Waals surface area contributed by atoms with Crippen molar-refractivity contribution in [3.05, 3.63) is 108 Å². The van der Waals surface area contributed by atoms with Crippen LogP contribution in [-0.2, 0) is 6.54 Å². The summed E-state index contributed by atoms with van der Waals surface area (Å²) in [5.41, 5.74) is 9.18. The zero-order valence-corrected chi connectivity index (χ0v) is 19.8. The van der Waals surface area contributed by atoms with Gasteiger partial charge in [-0.1, -0.05) is 73.2 Å². The van der Waals surface area contributed by atoms with Crippen molar-refractivity contribution >= 4 is 22.1 Å². The van der Waals surface area contributed by atoms with E-state index in [1.807, 2.05) is 0 Å². The fraction of sp³-hybridized carbons (Fsp3) is 0.200. The fourth-order valence-corrected chi connectivity index (χ4v) is 5.00. The molecule has 34 heavy (non-hydrogen) atoms. The van der Waals surface area contributed by atoms with Crippen molar-refractivity contribution in [1.29, 1.82) is 0 Å². The molecule has 6 rings (SSSR count). The van der Waals surface area contributed by atoms with Crippen molar-refractivity contribution in [2.45, 2.75) is 33.2 Å². The molecule has 2 atom stereocenters. The van der Waals surface area contributed by atoms with Gasteiger partial charge in [0.25, 0.3) is 0 Å². The van der Waals surface area contributed by atoms with E-state index in [0.29, 0.717) is 5.92 Å². The lowest BCUT2D eigenvalue weighted by Crippen LogP contribution is -2.10. The third-order valence-corrected chi connectivity index (χ3v) is 6.94. The number of aromatic nitrogens is 4. The summed E-state index contributed by atoms with van der Waals surface area (Å²) in [6.45, 7) is 7.30. The first kappa shape index (κ1) is 20.7. The number of H-pyrrole nitrogens is 1. The Balaban J connectivity index is 1.34. The summed E-state index contributed by atoms with van der Waals surface area (Å²) in [7, 11) is 0. The lowest BCUT2D eigenvalue weighted by atomic mass is 9.87. The van der Waals surface area contributed by atoms with Crippen molar-refractivity contribution in [3.8, 4) is 11.1 Å². The highest BCUT2D eigenvalue weighted by Crippen LogP contribution is 2.33. The molecule has 0 aliphatic heterocycles. The van der Waals surface area contributed by atoms with E-state index in [9.17, 15) is 0 Å². The monoisotopic (exact) mass is 444 g/mol. The smallest absolute Gasteiger partial charge is 0.114 e. The van der Waals surface area contributed by atoms with Crippen molar-refractivity contribution in [3.63, 3.8) is 0 Å². The minimum Gasteiger partial charge on any atom is -0.341 e. The minimum atomic E-state index is 0.286. The van der Waals surface area contributed by atoms with Gasteiger partial charge in [-0.2, -0.15) is 0 Å². The summed E-state index contributed by atoms with van der Waals surface area (Å²) in [6.07, 6.45) is 6.78. The van der Waals surface area contributed by atoms with E-state index in [1.165, 1.54) is 22.3 Å². The second kappa shape index (κ2) is 8.14. The molecule has 5 aromatic rings. The van der Waals surface area contributed by atoms with Crippen molar-refractivity contribution in [1.82, 2.24) is 19.5 Å². The number of aromatic amines is 1. The fourth-order valence-electron chi connectivity index (χ4n) is 5.00. The Kier molecular flexibility index (Phi) is 4.95. The highest BCUT2D eigenvalue weighted by Gasteiger charge is 2.21. The van der Waals surface area contributed by atoms with Gasteiger partial charge >= 0.3 is 0 Å². The Morgan fingerprint density at radius 2 is 1.68 bits per heavy atom. The van der Waals surface area contributed by atoms with Gasteiger partial charge in [0.2, 0.25) is 0 Å². The number of aryl methyl sites for hydroxylation is 1. The van der Waals surface area contributed by atoms with Crippen LogP contribution in [0.2, 0.25) is 0 Å². The molecule has 168 valence electrons. The molecule has 1 N–H and O–H groups in total. The van der Waals surface area contributed by atoms with Crippen molar-refractivity contribution in [2.75, 3.05) is 0 Å². The molecule has 2 aromatic heterocycles. The molecule has 4 nitrogen and oxygen atoms in total. The predicted octanol–water partition coefficient (Wildman–Crippen LogP) is 7.17. The highest BCUT2D eigenvalue weighted by atomic mass is 15.1. The maximum atomic E-state index is 4.91. The van der Waals surface area contributed by atoms with Crippen LogP contribution in [0, 0.1) is 12.8 Å². The number of nitrogens with one attached hydrogen (secondary N) is 1. The van der Waals surface area contributed by atoms with Gasteiger partial charge in [0.1, 0.15) is 11.6 Å². The Morgan fingerprint density at radius 3 is 2.53 bits per heavy atom. The van der Waals surface area contributed by atoms with Gasteiger partial charge < -0.3 is 9.55 Å². The van der Waals surface area contributed by atoms with Crippen LogP contribution in [0.1, 0.15) is 37.0 Å². The normalized spacial score (nSPS) is 18.0. The van der Waals surface area contributed by atoms with Gasteiger partial charge in [-0.05, 0) is 60.7 Å². The molecule has 3 aromatic carbocycles. The second-order valence-electron chi connectivity index (χ2n) is 9.44. The van der Waals surface area contributed by atoms with Gasteiger partial charge in [-0.15, -0.1) is 0 Å². The standard InChI is InChI=1S/C30H28N4/c1-19-9-10-20(2)25(15-19)30-32-26-13-11-23(16-27(26)33-30)24-12-14-29-28(17-24)31-21(3)34(29)18-22-7-5-4-6-8-22/h4-17,20,25H,18H2,1-3H3,(H,32,33). The average molecular weight is 445 g/mol. The van der Waals surface area contributed by atoms with E-state index in [2.05, 4.69) is 115 Å². The zero-order chi connectivity index (χ0) is 23.2. The summed E-state index contributed by atoms with van der Waals surface area (Å²) in [5, 5.41) is 0. The molecule has 4 heteroatoms. The number of benzene rings is 3. The molecule has 2 unspecified atom stereocenters. The van der Waals surface area contributed by atoms with Crippen LogP contribution in [0.25, 0.3) is 33.2 Å². The molecule has 0 spiro atoms. The first-order valence-electron chi connectivity index (χ1n) is 11.9. The number of fused-ring (bicyclic) bond motifs is 2. The molecular formula is C30H28N4. The number of rotatable bonds is 4. The number of nitrogens with zero attached hydrogens (tertiary/aromatic N) is 3. The molecule has 0 radical (unpaired) electrons. The molecule has 0 saturated carbocycles. The maximum absolute atomic E-state index is 4.91. The van der Waals surface area contributed by atoms with Gasteiger partial charge in [0, 0.05) is 12.5 Å². The van der Waals surface area contributed by atoms with E-state index in [0.717, 1.165) is 40.3 Å². The van der Waals surface area contributed by atoms with E-state index < -0.39 is 0 Å². The number of hydrogen-bond donors (Lipinski definition) is 1. The Hall–Kier alpha value is -3.92. The third-order valence-electron chi connectivity index (χ3n) is 6.94. The zero-order valence-electron chi connectivity index (χ0n) is 19.8. The third kappa shape index (κ3) is 3.65. The van der Waals surface area contributed by atoms with E-state index in [-0.39, 0.29) is 5.92 Å². The molecule has 1 aliphatic carbocycles. The Labute approximate surface area is 199 Å². The number of allylic oxidation sites excluding steroid dienone is 4. The van der Waals surface area contributed by atoms with Gasteiger partial charge in [0.15, 0.2) is 0 Å². The van der Waals surface area contributed by atoms with Crippen LogP contribution in [0.3, 0.4) is 0 Å². The second-order valence-corrected chi connectivity index (χ2v) is 9.44. The van der Waals surface area contributed by atoms with Gasteiger partial charge in [-0.25, -0.2) is 9.97 Å². The summed E-state index contributed by atoms with van der Waals surface area (Å²) in [4.78, 5) is 13.4. The quantitative estimate of drug-likeness (QED) is 0.319. The highest BCUT2D eigenvalue weighted by molar-refractivity contribution is 5.86. The van der Waals surface area contributed by atoms with E-state index in [1.54, 1.807) is 0 Å². The summed E-state index contributed by atoms with van der Waals surface area (Å²) in [5.74, 6) is 2.78. The first-order valence-corrected chi connectivity index (χ1v) is 11.9. The molecular weight excluding hydrogens is 416 g/mol. The summed E-state index contributed by atoms with van der Waals surface area (Å²) >= 11 is 0. The van der Waals surface area contributed by atoms with Crippen molar-refractivity contribution in [2.24, 2.45) is 5.92 Å². The Bertz CT molecular complexity index is 1570. The lowest BCUT2D eigenvalue weighted by molar-refractivity contribution is 0.605. The number of hydrogen-bond acceptors (Lipinski definition) is 2. The van der Waals surface area contributed by atoms with Crippen LogP contribution in [0.15, 0.2) is 90.5 Å². The van der Waals surface area contributed by atoms with Crippen LogP contribution < -0.4 is 0 Å². The molecule has 0 saturated heterocycles. The van der Waals surface area contributed by atoms with E-state index >= 15 is 0 Å². The topological polar surface area (TPSA) is 46.5 Å². The summed E-state index contributed by atoms with van der Waals surface area (Å²) < 4.78 is 2.29. The molecule has 1 aliphatic rings.